The molecule has 4 aromatic rings. The number of nitriles is 1. The first-order valence-corrected chi connectivity index (χ1v) is 13.3. The summed E-state index contributed by atoms with van der Waals surface area (Å²) >= 11 is 0. The number of nitrogens with one attached hydrogen (secondary N) is 1. The molecule has 0 fully saturated rings. The Morgan fingerprint density at radius 2 is 1.85 bits per heavy atom. The van der Waals surface area contributed by atoms with Gasteiger partial charge in [0.2, 0.25) is 0 Å². The van der Waals surface area contributed by atoms with Crippen LogP contribution in [0.4, 0.5) is 0 Å². The first kappa shape index (κ1) is 23.3. The van der Waals surface area contributed by atoms with Crippen LogP contribution in [-0.2, 0) is 11.8 Å². The molecular formula is C34H28N4O. The van der Waals surface area contributed by atoms with Gasteiger partial charge in [-0.15, -0.1) is 0 Å². The molecule has 2 aliphatic carbocycles. The van der Waals surface area contributed by atoms with Gasteiger partial charge >= 0.3 is 0 Å². The summed E-state index contributed by atoms with van der Waals surface area (Å²) in [5.41, 5.74) is 17.1. The lowest BCUT2D eigenvalue weighted by Gasteiger charge is -2.22. The van der Waals surface area contributed by atoms with Crippen LogP contribution in [0, 0.1) is 11.3 Å². The third-order valence-electron chi connectivity index (χ3n) is 8.26. The maximum Gasteiger partial charge on any atom is 0.142 e. The van der Waals surface area contributed by atoms with Crippen LogP contribution in [0.15, 0.2) is 94.0 Å². The normalized spacial score (nSPS) is 18.6. The summed E-state index contributed by atoms with van der Waals surface area (Å²) in [5, 5.41) is 13.7. The van der Waals surface area contributed by atoms with Gasteiger partial charge < -0.3 is 15.5 Å². The maximum atomic E-state index is 9.45. The summed E-state index contributed by atoms with van der Waals surface area (Å²) in [5.74, 6) is 1.55. The van der Waals surface area contributed by atoms with Gasteiger partial charge in [-0.3, -0.25) is 0 Å². The molecule has 0 saturated heterocycles. The Bertz CT molecular complexity index is 1840. The average molecular weight is 509 g/mol. The first-order valence-electron chi connectivity index (χ1n) is 13.3. The number of para-hydroxylation sites is 1. The van der Waals surface area contributed by atoms with Crippen LogP contribution >= 0.6 is 0 Å². The minimum Gasteiger partial charge on any atom is -0.460 e. The van der Waals surface area contributed by atoms with Gasteiger partial charge in [-0.25, -0.2) is 4.99 Å². The molecule has 39 heavy (non-hydrogen) atoms. The van der Waals surface area contributed by atoms with E-state index in [0.29, 0.717) is 11.4 Å². The summed E-state index contributed by atoms with van der Waals surface area (Å²) < 4.78 is 6.52. The van der Waals surface area contributed by atoms with Gasteiger partial charge in [0.05, 0.1) is 11.6 Å². The molecule has 0 saturated carbocycles. The van der Waals surface area contributed by atoms with Gasteiger partial charge in [-0.1, -0.05) is 56.3 Å². The van der Waals surface area contributed by atoms with Crippen molar-refractivity contribution in [2.45, 2.75) is 38.3 Å². The van der Waals surface area contributed by atoms with Crippen LogP contribution in [0.5, 0.6) is 0 Å². The zero-order valence-corrected chi connectivity index (χ0v) is 22.0. The Hall–Kier alpha value is -4.82. The Balaban J connectivity index is 1.29. The minimum atomic E-state index is -0.198. The van der Waals surface area contributed by atoms with Crippen LogP contribution < -0.4 is 11.1 Å². The highest BCUT2D eigenvalue weighted by Crippen LogP contribution is 2.50. The lowest BCUT2D eigenvalue weighted by atomic mass is 9.81. The van der Waals surface area contributed by atoms with Crippen LogP contribution in [-0.4, -0.2) is 12.0 Å². The predicted octanol–water partition coefficient (Wildman–Crippen LogP) is 6.96. The molecular weight excluding hydrogens is 480 g/mol. The van der Waals surface area contributed by atoms with E-state index >= 15 is 0 Å². The molecule has 190 valence electrons. The number of aryl methyl sites for hydroxylation is 1. The minimum absolute atomic E-state index is 0.147. The number of hydrogen-bond acceptors (Lipinski definition) is 4. The molecule has 1 aliphatic heterocycles. The number of hydrogen-bond donors (Lipinski definition) is 2. The predicted molar refractivity (Wildman–Crippen MR) is 157 cm³/mol. The number of allylic oxidation sites excluding steroid dienone is 2. The van der Waals surface area contributed by atoms with Crippen molar-refractivity contribution in [2.24, 2.45) is 10.7 Å². The fraction of sp³-hybridized carbons (Fsp3) is 0.176. The van der Waals surface area contributed by atoms with Gasteiger partial charge in [0, 0.05) is 28.3 Å². The van der Waals surface area contributed by atoms with E-state index in [4.69, 9.17) is 10.2 Å². The summed E-state index contributed by atoms with van der Waals surface area (Å²) in [6, 6.07) is 21.4. The van der Waals surface area contributed by atoms with Crippen molar-refractivity contribution in [1.29, 1.82) is 5.26 Å². The molecule has 0 bridgehead atoms. The highest BCUT2D eigenvalue weighted by molar-refractivity contribution is 6.06. The van der Waals surface area contributed by atoms with E-state index < -0.39 is 0 Å². The zero-order chi connectivity index (χ0) is 26.7. The molecule has 2 heterocycles. The summed E-state index contributed by atoms with van der Waals surface area (Å²) in [6.45, 7) is 4.48. The van der Waals surface area contributed by atoms with Crippen LogP contribution in [0.1, 0.15) is 48.3 Å². The van der Waals surface area contributed by atoms with E-state index in [1.54, 1.807) is 0 Å². The van der Waals surface area contributed by atoms with Gasteiger partial charge in [-0.2, -0.15) is 5.26 Å². The highest BCUT2D eigenvalue weighted by atomic mass is 16.3. The Morgan fingerprint density at radius 1 is 1.03 bits per heavy atom. The van der Waals surface area contributed by atoms with Gasteiger partial charge in [0.25, 0.3) is 0 Å². The van der Waals surface area contributed by atoms with Gasteiger partial charge in [-0.05, 0) is 82.4 Å². The number of rotatable bonds is 3. The van der Waals surface area contributed by atoms with Crippen LogP contribution in [0.2, 0.25) is 0 Å². The molecule has 3 N–H and O–H groups in total. The van der Waals surface area contributed by atoms with Crippen LogP contribution in [0.25, 0.3) is 39.3 Å². The quantitative estimate of drug-likeness (QED) is 0.231. The second kappa shape index (κ2) is 8.61. The molecule has 7 rings (SSSR count). The van der Waals surface area contributed by atoms with Crippen LogP contribution in [0.3, 0.4) is 0 Å². The Labute approximate surface area is 227 Å². The zero-order valence-electron chi connectivity index (χ0n) is 22.0. The number of dihydropyridines is 1. The van der Waals surface area contributed by atoms with E-state index in [9.17, 15) is 5.26 Å². The SMILES string of the molecule is CC1(C)c2cc(C#N)ccc2-c2ccc(-c3cccc4c5c(oc34)CCC(C(N)=NC3C=CC=CN3)=C5)cc21. The van der Waals surface area contributed by atoms with Crippen molar-refractivity contribution < 1.29 is 4.42 Å². The molecule has 1 atom stereocenters. The molecule has 0 amide bonds. The number of nitrogens with two attached hydrogens (primary N) is 1. The molecule has 0 spiro atoms. The van der Waals surface area contributed by atoms with E-state index in [0.717, 1.165) is 51.8 Å². The molecule has 3 aliphatic rings. The summed E-state index contributed by atoms with van der Waals surface area (Å²) in [4.78, 5) is 4.67. The van der Waals surface area contributed by atoms with Crippen molar-refractivity contribution >= 4 is 22.9 Å². The number of furan rings is 1. The number of aliphatic imine (C=N–C) groups is 1. The van der Waals surface area contributed by atoms with Crippen molar-refractivity contribution in [1.82, 2.24) is 5.32 Å². The lowest BCUT2D eigenvalue weighted by Crippen LogP contribution is -2.27. The number of fused-ring (bicyclic) bond motifs is 6. The molecule has 5 nitrogen and oxygen atoms in total. The topological polar surface area (TPSA) is 87.3 Å². The standard InChI is InChI=1S/C34H28N4O/c1-34(2)28-16-20(19-35)9-12-24(28)25-13-10-21(18-29(25)34)23-6-5-7-26-27-17-22(11-14-30(27)39-32(23)26)33(36)38-31-8-3-4-15-37-31/h3-10,12-13,15-18,31,37H,11,14H2,1-2H3,(H2,36,38). The fourth-order valence-corrected chi connectivity index (χ4v) is 6.18. The monoisotopic (exact) mass is 508 g/mol. The van der Waals surface area contributed by atoms with E-state index in [1.807, 2.05) is 36.6 Å². The Morgan fingerprint density at radius 3 is 2.64 bits per heavy atom. The van der Waals surface area contributed by atoms with Crippen molar-refractivity contribution in [3.8, 4) is 28.3 Å². The average Bonchev–Trinajstić information content (AvgIpc) is 3.45. The highest BCUT2D eigenvalue weighted by Gasteiger charge is 2.36. The smallest absolute Gasteiger partial charge is 0.142 e. The molecule has 5 heteroatoms. The first-order chi connectivity index (χ1) is 18.9. The van der Waals surface area contributed by atoms with E-state index in [1.165, 1.54) is 22.3 Å². The number of nitrogens with zero attached hydrogens (tertiary/aromatic N) is 2. The molecule has 0 radical (unpaired) electrons. The van der Waals surface area contributed by atoms with Crippen molar-refractivity contribution in [2.75, 3.05) is 0 Å². The lowest BCUT2D eigenvalue weighted by molar-refractivity contribution is 0.545. The van der Waals surface area contributed by atoms with Crippen molar-refractivity contribution in [3.05, 3.63) is 113 Å². The largest absolute Gasteiger partial charge is 0.460 e. The Kier molecular flexibility index (Phi) is 5.14. The number of amidine groups is 1. The van der Waals surface area contributed by atoms with E-state index in [-0.39, 0.29) is 11.6 Å². The second-order valence-corrected chi connectivity index (χ2v) is 10.9. The summed E-state index contributed by atoms with van der Waals surface area (Å²) in [6.07, 6.45) is 11.3. The molecule has 1 aromatic heterocycles. The molecule has 1 unspecified atom stereocenters. The number of benzene rings is 3. The van der Waals surface area contributed by atoms with Crippen molar-refractivity contribution in [3.63, 3.8) is 0 Å². The third kappa shape index (κ3) is 3.64. The maximum absolute atomic E-state index is 9.45. The van der Waals surface area contributed by atoms with Gasteiger partial charge in [0.1, 0.15) is 23.3 Å². The molecule has 3 aromatic carbocycles. The van der Waals surface area contributed by atoms with E-state index in [2.05, 4.69) is 78.8 Å². The van der Waals surface area contributed by atoms with Gasteiger partial charge in [0.15, 0.2) is 0 Å². The third-order valence-corrected chi connectivity index (χ3v) is 8.26. The second-order valence-electron chi connectivity index (χ2n) is 10.9. The summed E-state index contributed by atoms with van der Waals surface area (Å²) in [7, 11) is 0. The fourth-order valence-electron chi connectivity index (χ4n) is 6.18.